The zero-order chi connectivity index (χ0) is 43.0. The third-order valence-electron chi connectivity index (χ3n) is 10.6. The third kappa shape index (κ3) is 8.20. The lowest BCUT2D eigenvalue weighted by Crippen LogP contribution is -3.08. The molecule has 4 heterocycles. The summed E-state index contributed by atoms with van der Waals surface area (Å²) in [6.45, 7) is 3.38. The van der Waals surface area contributed by atoms with Crippen LogP contribution in [0.5, 0.6) is 11.5 Å². The van der Waals surface area contributed by atoms with Gasteiger partial charge in [-0.1, -0.05) is 29.3 Å². The van der Waals surface area contributed by atoms with Gasteiger partial charge in [0.1, 0.15) is 53.5 Å². The quantitative estimate of drug-likeness (QED) is 0.0461. The highest BCUT2D eigenvalue weighted by Crippen LogP contribution is 2.33. The smallest absolute Gasteiger partial charge is 0.327 e. The lowest BCUT2D eigenvalue weighted by Gasteiger charge is -2.42. The molecular weight excluding hydrogens is 786 g/mol. The number of hydrogen-bond acceptors (Lipinski definition) is 16. The average Bonchev–Trinajstić information content (AvgIpc) is 3.79. The number of carbonyl (C=O) groups is 2. The normalized spacial score (nSPS) is 24.4. The number of aliphatic hydroxyl groups excluding tert-OH is 4. The van der Waals surface area contributed by atoms with E-state index < -0.39 is 73.6 Å². The molecule has 1 aromatic heterocycles. The summed E-state index contributed by atoms with van der Waals surface area (Å²) in [7, 11) is 1.15. The number of carbonyl (C=O) groups excluding carboxylic acids is 1. The molecule has 1 saturated heterocycles. The summed E-state index contributed by atoms with van der Waals surface area (Å²) in [5.74, 6) is -5.86. The number of allylic oxidation sites excluding steroid dienone is 1. The molecule has 60 heavy (non-hydrogen) atoms. The predicted octanol–water partition coefficient (Wildman–Crippen LogP) is 0.0390. The highest BCUT2D eigenvalue weighted by atomic mass is 16.8. The van der Waals surface area contributed by atoms with Crippen LogP contribution in [0.2, 0.25) is 0 Å². The van der Waals surface area contributed by atoms with Crippen LogP contribution in [0.15, 0.2) is 98.5 Å². The Morgan fingerprint density at radius 2 is 1.75 bits per heavy atom. The van der Waals surface area contributed by atoms with E-state index in [4.69, 9.17) is 23.5 Å². The monoisotopic (exact) mass is 830 g/mol. The zero-order valence-corrected chi connectivity index (χ0v) is 32.5. The number of phenolic OH excluding ortho intramolecular Hbond substituents is 1. The number of fused-ring (bicyclic) bond motifs is 2. The van der Waals surface area contributed by atoms with E-state index in [-0.39, 0.29) is 40.0 Å². The molecular formula is C42H44N3O15+. The average molecular weight is 831 g/mol. The zero-order valence-electron chi connectivity index (χ0n) is 32.5. The number of aliphatic hydroxyl groups is 5. The van der Waals surface area contributed by atoms with Crippen LogP contribution in [0.3, 0.4) is 0 Å². The van der Waals surface area contributed by atoms with E-state index in [1.54, 1.807) is 18.3 Å². The Labute approximate surface area is 341 Å². The van der Waals surface area contributed by atoms with Gasteiger partial charge in [-0.2, -0.15) is 9.90 Å². The van der Waals surface area contributed by atoms with E-state index in [1.165, 1.54) is 36.6 Å². The van der Waals surface area contributed by atoms with Gasteiger partial charge in [-0.15, -0.1) is 0 Å². The van der Waals surface area contributed by atoms with Crippen molar-refractivity contribution in [2.24, 2.45) is 10.9 Å². The number of aromatic hydroxyl groups is 1. The lowest BCUT2D eigenvalue weighted by atomic mass is 9.92. The second-order valence-electron chi connectivity index (χ2n) is 14.8. The van der Waals surface area contributed by atoms with Crippen molar-refractivity contribution in [2.45, 2.75) is 63.0 Å². The second kappa shape index (κ2) is 17.1. The minimum atomic E-state index is -2.51. The maximum atomic E-state index is 13.5. The van der Waals surface area contributed by atoms with Crippen LogP contribution in [0, 0.1) is 19.8 Å². The topological polar surface area (TPSA) is 272 Å². The molecule has 3 aliphatic rings. The highest BCUT2D eigenvalue weighted by Gasteiger charge is 2.55. The number of rotatable bonds is 14. The fourth-order valence-electron chi connectivity index (χ4n) is 7.62. The molecule has 1 unspecified atom stereocenters. The molecule has 3 aliphatic heterocycles. The van der Waals surface area contributed by atoms with E-state index in [0.717, 1.165) is 29.3 Å². The van der Waals surface area contributed by atoms with Crippen LogP contribution < -0.4 is 20.5 Å². The van der Waals surface area contributed by atoms with Crippen molar-refractivity contribution in [2.75, 3.05) is 20.2 Å². The van der Waals surface area contributed by atoms with Crippen LogP contribution in [0.25, 0.3) is 27.8 Å². The van der Waals surface area contributed by atoms with E-state index in [1.807, 2.05) is 38.1 Å². The van der Waals surface area contributed by atoms with Gasteiger partial charge in [0.15, 0.2) is 23.1 Å². The van der Waals surface area contributed by atoms with Gasteiger partial charge in [0.2, 0.25) is 18.7 Å². The molecule has 9 N–H and O–H groups in total. The minimum absolute atomic E-state index is 0.0120. The number of hydrogen-bond donors (Lipinski definition) is 9. The number of quaternary nitrogens is 1. The molecule has 7 rings (SSSR count). The van der Waals surface area contributed by atoms with Crippen molar-refractivity contribution in [3.05, 3.63) is 111 Å². The van der Waals surface area contributed by atoms with Crippen molar-refractivity contribution in [1.82, 2.24) is 5.32 Å². The van der Waals surface area contributed by atoms with Crippen LogP contribution in [-0.4, -0.2) is 117 Å². The fourth-order valence-corrected chi connectivity index (χ4v) is 7.62. The Balaban J connectivity index is 1.22. The summed E-state index contributed by atoms with van der Waals surface area (Å²) in [6, 6.07) is 16.1. The second-order valence-corrected chi connectivity index (χ2v) is 14.8. The number of nitrogens with one attached hydrogen (secondary N) is 2. The first-order chi connectivity index (χ1) is 28.6. The predicted molar refractivity (Wildman–Crippen MR) is 210 cm³/mol. The number of ether oxygens (including phenoxy) is 3. The van der Waals surface area contributed by atoms with Crippen molar-refractivity contribution in [3.8, 4) is 22.6 Å². The van der Waals surface area contributed by atoms with Gasteiger partial charge < -0.3 is 54.4 Å². The first-order valence-corrected chi connectivity index (χ1v) is 18.9. The van der Waals surface area contributed by atoms with Gasteiger partial charge in [-0.25, -0.2) is 4.99 Å². The lowest BCUT2D eigenvalue weighted by molar-refractivity contribution is -1.04. The van der Waals surface area contributed by atoms with E-state index >= 15 is 0 Å². The van der Waals surface area contributed by atoms with Crippen molar-refractivity contribution in [3.63, 3.8) is 0 Å². The third-order valence-corrected chi connectivity index (χ3v) is 10.6. The summed E-state index contributed by atoms with van der Waals surface area (Å²) < 4.78 is 23.1. The molecule has 4 aromatic rings. The maximum Gasteiger partial charge on any atom is 0.327 e. The molecule has 9 atom stereocenters. The highest BCUT2D eigenvalue weighted by molar-refractivity contribution is 5.95. The van der Waals surface area contributed by atoms with Gasteiger partial charge in [0.05, 0.1) is 10.9 Å². The molecule has 0 saturated carbocycles. The van der Waals surface area contributed by atoms with Gasteiger partial charge in [0, 0.05) is 36.4 Å². The van der Waals surface area contributed by atoms with E-state index in [9.17, 15) is 50.1 Å². The van der Waals surface area contributed by atoms with Gasteiger partial charge in [-0.05, 0) is 68.9 Å². The van der Waals surface area contributed by atoms with E-state index in [0.29, 0.717) is 22.0 Å². The minimum Gasteiger partial charge on any atom is -0.508 e. The largest absolute Gasteiger partial charge is 0.508 e. The van der Waals surface area contributed by atoms with Gasteiger partial charge in [0.25, 0.3) is 0 Å². The maximum absolute atomic E-state index is 13.5. The SMILES string of the molecule is CN[C@](O)(CCO)[C@@H](C(=O)O)C(=O)O[C@H](O)[C@@H]1O[C@H](Oc2ccc3c(=O)c(-c4ccc(O)cc4)coc3c2)[C@@H](O[NH+]2CC3=CC=NC3=C2c2cc(C)cc(C)c2)[C@H](O)[C@H]1O. The number of hydroxylamine groups is 2. The molecule has 0 bridgehead atoms. The number of aryl methyl sites for hydroxylation is 2. The molecule has 18 heteroatoms. The Bertz CT molecular complexity index is 2430. The Kier molecular flexibility index (Phi) is 12.0. The molecule has 3 aromatic carbocycles. The van der Waals surface area contributed by atoms with Crippen LogP contribution in [0.4, 0.5) is 0 Å². The fraction of sp³-hybridized carbons (Fsp3) is 0.333. The van der Waals surface area contributed by atoms with Crippen LogP contribution in [-0.2, 0) is 23.9 Å². The number of carboxylic acid groups (broad SMARTS) is 1. The Morgan fingerprint density at radius 3 is 2.42 bits per heavy atom. The number of nitrogens with zero attached hydrogens (tertiary/aromatic N) is 1. The summed E-state index contributed by atoms with van der Waals surface area (Å²) in [4.78, 5) is 49.9. The molecule has 0 amide bonds. The molecule has 0 spiro atoms. The van der Waals surface area contributed by atoms with Crippen molar-refractivity contribution in [1.29, 1.82) is 0 Å². The summed E-state index contributed by atoms with van der Waals surface area (Å²) in [5.41, 5.74) is 2.72. The van der Waals surface area contributed by atoms with E-state index in [2.05, 4.69) is 10.3 Å². The number of carboxylic acids is 1. The van der Waals surface area contributed by atoms with Crippen LogP contribution in [0.1, 0.15) is 23.1 Å². The number of phenols is 1. The van der Waals surface area contributed by atoms with Crippen molar-refractivity contribution >= 4 is 34.8 Å². The summed E-state index contributed by atoms with van der Waals surface area (Å²) in [5, 5.41) is 76.9. The Morgan fingerprint density at radius 1 is 1.03 bits per heavy atom. The standard InChI is InChI=1S/C42H43N3O15/c1-20-14-21(2)16-24(15-20)32-31-23(10-12-44-31)18-45(32)60-37-35(50)34(49)36(40(54)59-39(53)30(38(51)52)42(55,43-3)11-13-46)58-41(37)57-26-8-9-27-29(17-26)56-19-28(33(27)48)22-4-6-25(47)7-5-22/h4-10,12,14-17,19,30,34-37,40-41,43,46-47,49-50,54-55H,11,13,18H2,1-3H3,(H,51,52)/p+1/t30-,34+,35+,36+,37-,40-,41-,42-/m0/s1. The number of aliphatic carboxylic acids is 1. The molecule has 1 fully saturated rings. The molecule has 316 valence electrons. The first kappa shape index (κ1) is 42.3. The molecule has 0 radical (unpaired) electrons. The van der Waals surface area contributed by atoms with Gasteiger partial charge in [-0.3, -0.25) is 19.7 Å². The summed E-state index contributed by atoms with van der Waals surface area (Å²) >= 11 is 0. The summed E-state index contributed by atoms with van der Waals surface area (Å²) in [6.07, 6.45) is -7.58. The van der Waals surface area contributed by atoms with Crippen molar-refractivity contribution < 1.29 is 73.9 Å². The number of esters is 1. The molecule has 0 aliphatic carbocycles. The first-order valence-electron chi connectivity index (χ1n) is 18.9. The number of benzene rings is 3. The molecule has 18 nitrogen and oxygen atoms in total. The van der Waals surface area contributed by atoms with Gasteiger partial charge >= 0.3 is 11.9 Å². The van der Waals surface area contributed by atoms with Crippen LogP contribution >= 0.6 is 0 Å². The Hall–Kier alpha value is -5.80. The number of aliphatic imine (C=N–C) groups is 1.